The number of carbonyl (C=O) groups is 2. The zero-order chi connectivity index (χ0) is 25.3. The molecule has 0 unspecified atom stereocenters. The Morgan fingerprint density at radius 3 is 2.67 bits per heavy atom. The third-order valence-electron chi connectivity index (χ3n) is 7.89. The smallest absolute Gasteiger partial charge is 0.271 e. The number of amides is 2. The van der Waals surface area contributed by atoms with Crippen LogP contribution in [0.3, 0.4) is 0 Å². The number of rotatable bonds is 8. The van der Waals surface area contributed by atoms with Crippen LogP contribution < -0.4 is 5.32 Å². The second kappa shape index (κ2) is 10.1. The van der Waals surface area contributed by atoms with Crippen molar-refractivity contribution in [3.05, 3.63) is 59.5 Å². The van der Waals surface area contributed by atoms with Crippen LogP contribution in [0.15, 0.2) is 46.9 Å². The van der Waals surface area contributed by atoms with Gasteiger partial charge in [0, 0.05) is 31.3 Å². The van der Waals surface area contributed by atoms with Gasteiger partial charge in [-0.1, -0.05) is 49.6 Å². The lowest BCUT2D eigenvalue weighted by Gasteiger charge is -2.45. The Morgan fingerprint density at radius 2 is 1.92 bits per heavy atom. The van der Waals surface area contributed by atoms with E-state index in [1.54, 1.807) is 0 Å². The number of nitrogens with zero attached hydrogens (tertiary/aromatic N) is 3. The minimum Gasteiger partial charge on any atom is -0.460 e. The average Bonchev–Trinajstić information content (AvgIpc) is 3.39. The highest BCUT2D eigenvalue weighted by Crippen LogP contribution is 2.34. The largest absolute Gasteiger partial charge is 0.460 e. The fourth-order valence-electron chi connectivity index (χ4n) is 5.87. The van der Waals surface area contributed by atoms with Crippen molar-refractivity contribution < 1.29 is 14.0 Å². The summed E-state index contributed by atoms with van der Waals surface area (Å²) in [5.74, 6) is 0.658. The SMILES string of the molecule is Cc1cc2c(cc3n2C[C@@](C)(C(=O)NC2CCCCC2)N(CCCN(C)Cc2ccccc2)C3=O)o1. The van der Waals surface area contributed by atoms with Crippen molar-refractivity contribution in [2.45, 2.75) is 77.0 Å². The Balaban J connectivity index is 1.35. The fraction of sp³-hybridized carbons (Fsp3) is 0.517. The maximum absolute atomic E-state index is 13.8. The van der Waals surface area contributed by atoms with Gasteiger partial charge >= 0.3 is 0 Å². The lowest BCUT2D eigenvalue weighted by molar-refractivity contribution is -0.133. The zero-order valence-corrected chi connectivity index (χ0v) is 21.8. The van der Waals surface area contributed by atoms with E-state index < -0.39 is 5.54 Å². The number of benzene rings is 1. The van der Waals surface area contributed by atoms with Crippen molar-refractivity contribution in [2.75, 3.05) is 20.1 Å². The third-order valence-corrected chi connectivity index (χ3v) is 7.89. The number of hydrogen-bond acceptors (Lipinski definition) is 4. The first-order valence-electron chi connectivity index (χ1n) is 13.3. The van der Waals surface area contributed by atoms with E-state index in [1.807, 2.05) is 41.5 Å². The number of fused-ring (bicyclic) bond motifs is 3. The number of aromatic nitrogens is 1. The van der Waals surface area contributed by atoms with E-state index in [4.69, 9.17) is 4.42 Å². The summed E-state index contributed by atoms with van der Waals surface area (Å²) < 4.78 is 7.80. The minimum absolute atomic E-state index is 0.0480. The Bertz CT molecular complexity index is 1220. The molecule has 2 amide bonds. The number of nitrogens with one attached hydrogen (secondary N) is 1. The highest BCUT2D eigenvalue weighted by molar-refractivity contribution is 6.03. The number of hydrogen-bond donors (Lipinski definition) is 1. The summed E-state index contributed by atoms with van der Waals surface area (Å²) in [7, 11) is 2.10. The van der Waals surface area contributed by atoms with Crippen LogP contribution in [0.4, 0.5) is 0 Å². The molecule has 1 aliphatic carbocycles. The van der Waals surface area contributed by atoms with E-state index in [2.05, 4.69) is 41.5 Å². The summed E-state index contributed by atoms with van der Waals surface area (Å²) >= 11 is 0. The van der Waals surface area contributed by atoms with Gasteiger partial charge < -0.3 is 24.1 Å². The van der Waals surface area contributed by atoms with E-state index in [-0.39, 0.29) is 17.9 Å². The summed E-state index contributed by atoms with van der Waals surface area (Å²) in [5, 5.41) is 3.31. The Labute approximate surface area is 213 Å². The first kappa shape index (κ1) is 24.6. The van der Waals surface area contributed by atoms with Gasteiger partial charge in [-0.25, -0.2) is 0 Å². The minimum atomic E-state index is -0.962. The normalized spacial score (nSPS) is 20.8. The van der Waals surface area contributed by atoms with Gasteiger partial charge in [-0.15, -0.1) is 0 Å². The van der Waals surface area contributed by atoms with Crippen LogP contribution in [-0.4, -0.2) is 57.9 Å². The molecule has 7 heteroatoms. The second-order valence-corrected chi connectivity index (χ2v) is 10.8. The first-order valence-corrected chi connectivity index (χ1v) is 13.3. The number of aryl methyl sites for hydroxylation is 1. The van der Waals surface area contributed by atoms with Crippen LogP contribution in [0, 0.1) is 6.92 Å². The van der Waals surface area contributed by atoms with Gasteiger partial charge in [0.05, 0.1) is 12.1 Å². The molecular weight excluding hydrogens is 452 g/mol. The molecule has 1 aliphatic heterocycles. The number of furan rings is 1. The van der Waals surface area contributed by atoms with Crippen LogP contribution in [0.2, 0.25) is 0 Å². The van der Waals surface area contributed by atoms with Gasteiger partial charge in [-0.05, 0) is 52.3 Å². The molecule has 1 aromatic carbocycles. The van der Waals surface area contributed by atoms with Gasteiger partial charge in [-0.2, -0.15) is 0 Å². The van der Waals surface area contributed by atoms with E-state index in [0.717, 1.165) is 56.5 Å². The molecule has 1 atom stereocenters. The van der Waals surface area contributed by atoms with Crippen molar-refractivity contribution in [3.8, 4) is 0 Å². The first-order chi connectivity index (χ1) is 17.3. The molecule has 1 saturated carbocycles. The molecule has 3 aromatic rings. The van der Waals surface area contributed by atoms with Crippen molar-refractivity contribution >= 4 is 22.9 Å². The van der Waals surface area contributed by atoms with Crippen molar-refractivity contribution in [2.24, 2.45) is 0 Å². The predicted molar refractivity (Wildman–Crippen MR) is 141 cm³/mol. The van der Waals surface area contributed by atoms with E-state index in [9.17, 15) is 9.59 Å². The maximum Gasteiger partial charge on any atom is 0.271 e. The molecule has 0 radical (unpaired) electrons. The molecule has 5 rings (SSSR count). The Hall–Kier alpha value is -3.06. The number of carbonyl (C=O) groups excluding carboxylic acids is 2. The highest BCUT2D eigenvalue weighted by atomic mass is 16.3. The van der Waals surface area contributed by atoms with Gasteiger partial charge in [0.15, 0.2) is 5.58 Å². The van der Waals surface area contributed by atoms with Crippen LogP contribution in [0.25, 0.3) is 11.1 Å². The Kier molecular flexibility index (Phi) is 6.93. The summed E-state index contributed by atoms with van der Waals surface area (Å²) in [6.45, 7) is 6.48. The molecule has 0 saturated heterocycles. The van der Waals surface area contributed by atoms with Gasteiger partial charge in [0.1, 0.15) is 17.0 Å². The van der Waals surface area contributed by atoms with Gasteiger partial charge in [-0.3, -0.25) is 9.59 Å². The Morgan fingerprint density at radius 1 is 1.17 bits per heavy atom. The lowest BCUT2D eigenvalue weighted by Crippen LogP contribution is -2.65. The molecule has 0 bridgehead atoms. The molecule has 0 spiro atoms. The predicted octanol–water partition coefficient (Wildman–Crippen LogP) is 4.73. The van der Waals surface area contributed by atoms with E-state index in [0.29, 0.717) is 24.4 Å². The van der Waals surface area contributed by atoms with Crippen molar-refractivity contribution in [1.82, 2.24) is 19.7 Å². The molecule has 1 N–H and O–H groups in total. The summed E-state index contributed by atoms with van der Waals surface area (Å²) in [5.41, 5.74) is 2.49. The maximum atomic E-state index is 13.8. The fourth-order valence-corrected chi connectivity index (χ4v) is 5.87. The molecule has 1 fully saturated rings. The molecular formula is C29H38N4O3. The van der Waals surface area contributed by atoms with Crippen LogP contribution >= 0.6 is 0 Å². The van der Waals surface area contributed by atoms with E-state index >= 15 is 0 Å². The van der Waals surface area contributed by atoms with Crippen LogP contribution in [-0.2, 0) is 17.9 Å². The van der Waals surface area contributed by atoms with E-state index in [1.165, 1.54) is 12.0 Å². The van der Waals surface area contributed by atoms with Gasteiger partial charge in [0.25, 0.3) is 5.91 Å². The molecule has 2 aliphatic rings. The zero-order valence-electron chi connectivity index (χ0n) is 21.8. The summed E-state index contributed by atoms with van der Waals surface area (Å²) in [6.07, 6.45) is 6.34. The van der Waals surface area contributed by atoms with Crippen LogP contribution in [0.1, 0.15) is 67.3 Å². The third kappa shape index (κ3) is 4.81. The second-order valence-electron chi connectivity index (χ2n) is 10.8. The molecule has 2 aromatic heterocycles. The monoisotopic (exact) mass is 490 g/mol. The molecule has 36 heavy (non-hydrogen) atoms. The topological polar surface area (TPSA) is 70.7 Å². The van der Waals surface area contributed by atoms with Gasteiger partial charge in [0.2, 0.25) is 5.91 Å². The average molecular weight is 491 g/mol. The highest BCUT2D eigenvalue weighted by Gasteiger charge is 2.48. The van der Waals surface area contributed by atoms with Crippen molar-refractivity contribution in [3.63, 3.8) is 0 Å². The standard InChI is InChI=1S/C29H38N4O3/c1-21-17-24-26(36-21)18-25-27(34)33(16-10-15-31(3)19-22-11-6-4-7-12-22)29(2,20-32(24)25)28(35)30-23-13-8-5-9-14-23/h4,6-7,11-12,17-18,23H,5,8-10,13-16,19-20H2,1-3H3,(H,30,35)/t29-/m0/s1. The quantitative estimate of drug-likeness (QED) is 0.496. The van der Waals surface area contributed by atoms with Crippen molar-refractivity contribution in [1.29, 1.82) is 0 Å². The molecule has 7 nitrogen and oxygen atoms in total. The summed E-state index contributed by atoms with van der Waals surface area (Å²) in [4.78, 5) is 31.7. The molecule has 3 heterocycles. The molecule has 192 valence electrons. The lowest BCUT2D eigenvalue weighted by atomic mass is 9.91. The summed E-state index contributed by atoms with van der Waals surface area (Å²) in [6, 6.07) is 14.4. The van der Waals surface area contributed by atoms with Crippen LogP contribution in [0.5, 0.6) is 0 Å².